The van der Waals surface area contributed by atoms with Gasteiger partial charge in [-0.25, -0.2) is 18.6 Å². The number of aromatic nitrogens is 1. The fourth-order valence-corrected chi connectivity index (χ4v) is 3.64. The quantitative estimate of drug-likeness (QED) is 0.861. The number of hydrogen-bond donors (Lipinski definition) is 1. The van der Waals surface area contributed by atoms with Gasteiger partial charge in [0.1, 0.15) is 5.01 Å². The molecule has 1 aromatic heterocycles. The lowest BCUT2D eigenvalue weighted by Crippen LogP contribution is -2.57. The molecule has 8 heteroatoms. The molecule has 0 aromatic carbocycles. The van der Waals surface area contributed by atoms with Gasteiger partial charge < -0.3 is 10.2 Å². The second-order valence-corrected chi connectivity index (χ2v) is 6.60. The van der Waals surface area contributed by atoms with Crippen molar-refractivity contribution in [2.24, 2.45) is 0 Å². The summed E-state index contributed by atoms with van der Waals surface area (Å²) in [4.78, 5) is 20.2. The van der Waals surface area contributed by atoms with Crippen LogP contribution in [0.4, 0.5) is 13.6 Å². The zero-order valence-electron chi connectivity index (χ0n) is 13.5. The van der Waals surface area contributed by atoms with Crippen LogP contribution in [0.3, 0.4) is 0 Å². The number of nitrogens with one attached hydrogen (secondary N) is 1. The molecule has 0 saturated carbocycles. The van der Waals surface area contributed by atoms with Crippen LogP contribution in [0.1, 0.15) is 37.7 Å². The molecule has 1 fully saturated rings. The van der Waals surface area contributed by atoms with Crippen LogP contribution in [0.25, 0.3) is 0 Å². The van der Waals surface area contributed by atoms with E-state index in [1.54, 1.807) is 16.0 Å². The van der Waals surface area contributed by atoms with Crippen LogP contribution in [-0.2, 0) is 0 Å². The highest BCUT2D eigenvalue weighted by Crippen LogP contribution is 2.20. The molecular formula is C15H24F2N4OS. The highest BCUT2D eigenvalue weighted by Gasteiger charge is 2.30. The molecule has 1 aliphatic rings. The summed E-state index contributed by atoms with van der Waals surface area (Å²) in [6, 6.07) is -0.243. The Kier molecular flexibility index (Phi) is 6.71. The summed E-state index contributed by atoms with van der Waals surface area (Å²) in [5, 5.41) is 5.79. The molecule has 1 aromatic rings. The molecule has 1 N–H and O–H groups in total. The van der Waals surface area contributed by atoms with Gasteiger partial charge in [-0.3, -0.25) is 4.90 Å². The smallest absolute Gasteiger partial charge is 0.318 e. The van der Waals surface area contributed by atoms with E-state index in [9.17, 15) is 13.6 Å². The van der Waals surface area contributed by atoms with Crippen LogP contribution < -0.4 is 5.32 Å². The minimum atomic E-state index is -2.33. The fraction of sp³-hybridized carbons (Fsp3) is 0.733. The molecule has 2 rings (SSSR count). The molecule has 2 atom stereocenters. The van der Waals surface area contributed by atoms with Gasteiger partial charge in [-0.05, 0) is 12.8 Å². The van der Waals surface area contributed by atoms with Gasteiger partial charge in [-0.15, -0.1) is 11.3 Å². The predicted octanol–water partition coefficient (Wildman–Crippen LogP) is 2.97. The zero-order chi connectivity index (χ0) is 16.8. The lowest BCUT2D eigenvalue weighted by atomic mass is 10.1. The zero-order valence-corrected chi connectivity index (χ0v) is 14.4. The summed E-state index contributed by atoms with van der Waals surface area (Å²) >= 11 is 1.52. The van der Waals surface area contributed by atoms with Crippen molar-refractivity contribution in [2.45, 2.75) is 45.2 Å². The molecule has 23 heavy (non-hydrogen) atoms. The Morgan fingerprint density at radius 2 is 2.26 bits per heavy atom. The van der Waals surface area contributed by atoms with Gasteiger partial charge >= 0.3 is 6.03 Å². The van der Waals surface area contributed by atoms with Crippen molar-refractivity contribution >= 4 is 17.4 Å². The van der Waals surface area contributed by atoms with Gasteiger partial charge in [0.05, 0.1) is 12.6 Å². The Morgan fingerprint density at radius 3 is 2.83 bits per heavy atom. The average Bonchev–Trinajstić information content (AvgIpc) is 3.06. The van der Waals surface area contributed by atoms with Crippen molar-refractivity contribution < 1.29 is 13.6 Å². The van der Waals surface area contributed by atoms with E-state index in [2.05, 4.69) is 10.3 Å². The number of halogens is 2. The number of alkyl halides is 2. The number of amides is 2. The summed E-state index contributed by atoms with van der Waals surface area (Å²) < 4.78 is 25.2. The molecule has 1 aliphatic heterocycles. The van der Waals surface area contributed by atoms with Crippen LogP contribution in [0.5, 0.6) is 0 Å². The first kappa shape index (κ1) is 18.1. The van der Waals surface area contributed by atoms with Crippen molar-refractivity contribution in [3.63, 3.8) is 0 Å². The monoisotopic (exact) mass is 346 g/mol. The van der Waals surface area contributed by atoms with E-state index in [4.69, 9.17) is 0 Å². The molecular weight excluding hydrogens is 322 g/mol. The van der Waals surface area contributed by atoms with Crippen molar-refractivity contribution in [3.8, 4) is 0 Å². The summed E-state index contributed by atoms with van der Waals surface area (Å²) in [5.74, 6) is 0. The van der Waals surface area contributed by atoms with Gasteiger partial charge in [0, 0.05) is 37.3 Å². The standard InChI is InChI=1S/C15H24F2N4OS/c1-3-11-9-21(7-6-20(11)10-13(16)17)15(22)19-12(4-2)14-18-5-8-23-14/h5,8,11-13H,3-4,6-7,9-10H2,1-2H3,(H,19,22)/t11-,12+/m1/s1. The van der Waals surface area contributed by atoms with E-state index in [0.29, 0.717) is 19.6 Å². The minimum absolute atomic E-state index is 0.0107. The van der Waals surface area contributed by atoms with E-state index >= 15 is 0 Å². The second-order valence-electron chi connectivity index (χ2n) is 5.67. The number of carbonyl (C=O) groups excluding carboxylic acids is 1. The first-order valence-corrected chi connectivity index (χ1v) is 8.90. The number of urea groups is 1. The molecule has 0 spiro atoms. The maximum Gasteiger partial charge on any atom is 0.318 e. The van der Waals surface area contributed by atoms with Gasteiger partial charge in [0.25, 0.3) is 6.43 Å². The third-order valence-corrected chi connectivity index (χ3v) is 5.08. The van der Waals surface area contributed by atoms with Crippen molar-refractivity contribution in [1.29, 1.82) is 0 Å². The molecule has 0 radical (unpaired) electrons. The topological polar surface area (TPSA) is 48.5 Å². The number of carbonyl (C=O) groups is 1. The van der Waals surface area contributed by atoms with Gasteiger partial charge in [-0.1, -0.05) is 13.8 Å². The largest absolute Gasteiger partial charge is 0.329 e. The van der Waals surface area contributed by atoms with Gasteiger partial charge in [0.2, 0.25) is 0 Å². The van der Waals surface area contributed by atoms with Gasteiger partial charge in [-0.2, -0.15) is 0 Å². The fourth-order valence-electron chi connectivity index (χ4n) is 2.87. The number of thiazole rings is 1. The maximum atomic E-state index is 12.6. The molecule has 2 amide bonds. The summed E-state index contributed by atoms with van der Waals surface area (Å²) in [6.45, 7) is 5.21. The number of piperazine rings is 1. The van der Waals surface area contributed by atoms with Crippen molar-refractivity contribution in [2.75, 3.05) is 26.2 Å². The van der Waals surface area contributed by atoms with Crippen LogP contribution >= 0.6 is 11.3 Å². The molecule has 1 saturated heterocycles. The Bertz CT molecular complexity index is 486. The van der Waals surface area contributed by atoms with Crippen molar-refractivity contribution in [3.05, 3.63) is 16.6 Å². The van der Waals surface area contributed by atoms with Gasteiger partial charge in [0.15, 0.2) is 0 Å². The Labute approximate surface area is 139 Å². The van der Waals surface area contributed by atoms with E-state index < -0.39 is 6.43 Å². The Hall–Kier alpha value is -1.28. The lowest BCUT2D eigenvalue weighted by Gasteiger charge is -2.41. The third kappa shape index (κ3) is 4.84. The number of hydrogen-bond acceptors (Lipinski definition) is 4. The molecule has 5 nitrogen and oxygen atoms in total. The predicted molar refractivity (Wildman–Crippen MR) is 86.9 cm³/mol. The van der Waals surface area contributed by atoms with Crippen molar-refractivity contribution in [1.82, 2.24) is 20.1 Å². The number of nitrogens with zero attached hydrogens (tertiary/aromatic N) is 3. The summed E-state index contributed by atoms with van der Waals surface area (Å²) in [5.41, 5.74) is 0. The average molecular weight is 346 g/mol. The molecule has 2 heterocycles. The summed E-state index contributed by atoms with van der Waals surface area (Å²) in [6.07, 6.45) is 0.909. The minimum Gasteiger partial charge on any atom is -0.329 e. The van der Waals surface area contributed by atoms with E-state index in [0.717, 1.165) is 17.8 Å². The van der Waals surface area contributed by atoms with E-state index in [-0.39, 0.29) is 24.7 Å². The SMILES string of the molecule is CC[C@@H]1CN(C(=O)N[C@@H](CC)c2nccs2)CCN1CC(F)F. The molecule has 0 bridgehead atoms. The highest BCUT2D eigenvalue weighted by atomic mass is 32.1. The molecule has 0 unspecified atom stereocenters. The third-order valence-electron chi connectivity index (χ3n) is 4.19. The normalized spacial score (nSPS) is 20.7. The Balaban J connectivity index is 1.92. The summed E-state index contributed by atoms with van der Waals surface area (Å²) in [7, 11) is 0. The molecule has 130 valence electrons. The van der Waals surface area contributed by atoms with E-state index in [1.165, 1.54) is 11.3 Å². The first-order chi connectivity index (χ1) is 11.0. The second kappa shape index (κ2) is 8.54. The van der Waals surface area contributed by atoms with Crippen LogP contribution in [-0.4, -0.2) is 59.5 Å². The van der Waals surface area contributed by atoms with Crippen LogP contribution in [0.2, 0.25) is 0 Å². The maximum absolute atomic E-state index is 12.6. The number of rotatable bonds is 6. The van der Waals surface area contributed by atoms with E-state index in [1.807, 2.05) is 19.2 Å². The van der Waals surface area contributed by atoms with Crippen LogP contribution in [0.15, 0.2) is 11.6 Å². The van der Waals surface area contributed by atoms with Crippen LogP contribution in [0, 0.1) is 0 Å². The Morgan fingerprint density at radius 1 is 1.48 bits per heavy atom. The lowest BCUT2D eigenvalue weighted by molar-refractivity contribution is 0.0287. The highest BCUT2D eigenvalue weighted by molar-refractivity contribution is 7.09. The molecule has 0 aliphatic carbocycles. The first-order valence-electron chi connectivity index (χ1n) is 8.02.